The van der Waals surface area contributed by atoms with Crippen molar-refractivity contribution in [2.45, 2.75) is 24.9 Å². The van der Waals surface area contributed by atoms with Gasteiger partial charge in [0.15, 0.2) is 46.3 Å². The fourth-order valence-corrected chi connectivity index (χ4v) is 6.62. The van der Waals surface area contributed by atoms with Crippen LogP contribution in [0.2, 0.25) is 0 Å². The van der Waals surface area contributed by atoms with Crippen molar-refractivity contribution in [2.24, 2.45) is 0 Å². The van der Waals surface area contributed by atoms with E-state index in [1.165, 1.54) is 29.0 Å². The Balaban J connectivity index is 0.000000164. The van der Waals surface area contributed by atoms with E-state index in [0.717, 1.165) is 18.9 Å². The zero-order valence-electron chi connectivity index (χ0n) is 27.6. The number of carbonyl (C=O) groups is 4. The highest BCUT2D eigenvalue weighted by Gasteiger charge is 2.42. The highest BCUT2D eigenvalue weighted by Crippen LogP contribution is 2.40. The van der Waals surface area contributed by atoms with Crippen molar-refractivity contribution in [1.29, 1.82) is 0 Å². The maximum Gasteiger partial charge on any atom is 0.356 e. The van der Waals surface area contributed by atoms with Crippen LogP contribution in [0, 0.1) is 23.3 Å². The second-order valence-corrected chi connectivity index (χ2v) is 12.2. The Morgan fingerprint density at radius 1 is 0.736 bits per heavy atom. The molecule has 8 heterocycles. The summed E-state index contributed by atoms with van der Waals surface area (Å²) in [5, 5.41) is 13.8. The van der Waals surface area contributed by atoms with E-state index in [1.54, 1.807) is 12.1 Å². The lowest BCUT2D eigenvalue weighted by Gasteiger charge is -2.35. The summed E-state index contributed by atoms with van der Waals surface area (Å²) in [6.07, 6.45) is 2.96. The van der Waals surface area contributed by atoms with Gasteiger partial charge < -0.3 is 19.6 Å². The molecule has 3 N–H and O–H groups in total. The molecule has 4 aliphatic rings. The quantitative estimate of drug-likeness (QED) is 0.200. The first-order chi connectivity index (χ1) is 25.4. The molecular weight excluding hydrogens is 708 g/mol. The minimum atomic E-state index is -1.22. The van der Waals surface area contributed by atoms with Gasteiger partial charge in [-0.05, 0) is 37.1 Å². The molecule has 0 aromatic carbocycles. The van der Waals surface area contributed by atoms with Crippen molar-refractivity contribution in [3.63, 3.8) is 0 Å². The summed E-state index contributed by atoms with van der Waals surface area (Å²) in [6, 6.07) is 5.67. The molecule has 16 nitrogen and oxygen atoms in total. The van der Waals surface area contributed by atoms with Crippen LogP contribution in [0.4, 0.5) is 61.8 Å². The van der Waals surface area contributed by atoms with Crippen LogP contribution in [0.3, 0.4) is 0 Å². The maximum atomic E-state index is 13.9. The number of carbonyl (C=O) groups excluding carboxylic acids is 3. The van der Waals surface area contributed by atoms with E-state index in [9.17, 15) is 36.7 Å². The van der Waals surface area contributed by atoms with Gasteiger partial charge in [-0.25, -0.2) is 56.7 Å². The summed E-state index contributed by atoms with van der Waals surface area (Å²) in [7, 11) is 1.24. The number of hydrogen-bond donors (Lipinski definition) is 3. The number of rotatable bonds is 4. The second kappa shape index (κ2) is 13.8. The number of nitrogens with one attached hydrogen (secondary N) is 2. The Bertz CT molecular complexity index is 2160. The summed E-state index contributed by atoms with van der Waals surface area (Å²) < 4.78 is 58.3. The van der Waals surface area contributed by atoms with Gasteiger partial charge in [0, 0.05) is 38.3 Å². The molecule has 4 aromatic rings. The van der Waals surface area contributed by atoms with Crippen LogP contribution in [-0.4, -0.2) is 94.4 Å². The zero-order chi connectivity index (χ0) is 37.6. The van der Waals surface area contributed by atoms with E-state index >= 15 is 0 Å². The van der Waals surface area contributed by atoms with Gasteiger partial charge in [0.2, 0.25) is 0 Å². The summed E-state index contributed by atoms with van der Waals surface area (Å²) in [5.41, 5.74) is 1.18. The number of nitrogens with zero attached hydrogens (tertiary/aromatic N) is 8. The first kappa shape index (κ1) is 34.8. The molecule has 0 unspecified atom stereocenters. The summed E-state index contributed by atoms with van der Waals surface area (Å²) in [6.45, 7) is 2.58. The third kappa shape index (κ3) is 6.65. The average molecular weight is 737 g/mol. The number of aromatic carboxylic acids is 1. The first-order valence-electron chi connectivity index (χ1n) is 16.1. The lowest BCUT2D eigenvalue weighted by molar-refractivity contribution is 0.0593. The summed E-state index contributed by atoms with van der Waals surface area (Å²) in [4.78, 5) is 70.9. The molecule has 4 amide bonds. The molecule has 20 heteroatoms. The number of esters is 1. The van der Waals surface area contributed by atoms with Gasteiger partial charge in [-0.1, -0.05) is 0 Å². The molecule has 0 aliphatic carbocycles. The molecule has 0 saturated carbocycles. The Morgan fingerprint density at radius 2 is 1.19 bits per heavy atom. The number of carboxylic acids is 1. The van der Waals surface area contributed by atoms with Crippen LogP contribution >= 0.6 is 0 Å². The third-order valence-electron chi connectivity index (χ3n) is 9.02. The van der Waals surface area contributed by atoms with Gasteiger partial charge in [-0.3, -0.25) is 20.4 Å². The molecule has 4 bridgehead atoms. The first-order valence-corrected chi connectivity index (χ1v) is 16.1. The normalized spacial score (nSPS) is 17.7. The molecule has 4 aliphatic heterocycles. The van der Waals surface area contributed by atoms with E-state index in [0.29, 0.717) is 56.0 Å². The highest BCUT2D eigenvalue weighted by atomic mass is 19.1. The number of pyridine rings is 4. The summed E-state index contributed by atoms with van der Waals surface area (Å²) in [5.74, 6) is -5.84. The topological polar surface area (TPSA) is 186 Å². The molecule has 2 saturated heterocycles. The van der Waals surface area contributed by atoms with Gasteiger partial charge in [-0.2, -0.15) is 0 Å². The SMILES string of the molecule is COC(=O)c1ccc2c(n1)N(C(=O)Nc1ncc(F)cc1F)[C@H]1CCN2C1.O=C(O)c1ccc2c(n1)N(C(=O)Nc1ncc(F)cc1F)[C@H]1CCN2C1. The lowest BCUT2D eigenvalue weighted by atomic mass is 10.2. The van der Waals surface area contributed by atoms with Gasteiger partial charge in [0.25, 0.3) is 0 Å². The molecule has 2 atom stereocenters. The molecular formula is C33H28F4N10O6. The Labute approximate surface area is 297 Å². The van der Waals surface area contributed by atoms with Crippen LogP contribution in [0.25, 0.3) is 0 Å². The van der Waals surface area contributed by atoms with Crippen LogP contribution in [0.5, 0.6) is 0 Å². The van der Waals surface area contributed by atoms with Crippen molar-refractivity contribution in [1.82, 2.24) is 19.9 Å². The van der Waals surface area contributed by atoms with E-state index in [-0.39, 0.29) is 40.9 Å². The van der Waals surface area contributed by atoms with Crippen molar-refractivity contribution in [2.75, 3.05) is 63.5 Å². The molecule has 274 valence electrons. The predicted molar refractivity (Wildman–Crippen MR) is 179 cm³/mol. The van der Waals surface area contributed by atoms with Crippen molar-refractivity contribution in [3.05, 3.63) is 83.4 Å². The van der Waals surface area contributed by atoms with E-state index in [2.05, 4.69) is 40.2 Å². The maximum absolute atomic E-state index is 13.9. The van der Waals surface area contributed by atoms with Crippen molar-refractivity contribution < 1.29 is 46.6 Å². The van der Waals surface area contributed by atoms with Crippen LogP contribution in [0.1, 0.15) is 33.8 Å². The van der Waals surface area contributed by atoms with Crippen LogP contribution in [-0.2, 0) is 4.74 Å². The number of methoxy groups -OCH3 is 1. The molecule has 0 spiro atoms. The fraction of sp³-hybridized carbons (Fsp3) is 0.273. The number of aromatic nitrogens is 4. The number of halogens is 4. The smallest absolute Gasteiger partial charge is 0.356 e. The number of anilines is 6. The van der Waals surface area contributed by atoms with Gasteiger partial charge in [0.05, 0.1) is 43.0 Å². The molecule has 0 radical (unpaired) electrons. The Hall–Kier alpha value is -6.60. The number of carboxylic acid groups (broad SMARTS) is 1. The number of hydrogen-bond acceptors (Lipinski definition) is 11. The number of urea groups is 2. The minimum absolute atomic E-state index is 0.0580. The second-order valence-electron chi connectivity index (χ2n) is 12.2. The lowest BCUT2D eigenvalue weighted by Crippen LogP contribution is -2.48. The van der Waals surface area contributed by atoms with E-state index < -0.39 is 53.1 Å². The molecule has 4 aromatic heterocycles. The van der Waals surface area contributed by atoms with Gasteiger partial charge in [-0.15, -0.1) is 0 Å². The summed E-state index contributed by atoms with van der Waals surface area (Å²) >= 11 is 0. The monoisotopic (exact) mass is 736 g/mol. The Morgan fingerprint density at radius 3 is 1.62 bits per heavy atom. The molecule has 8 rings (SSSR count). The van der Waals surface area contributed by atoms with Crippen molar-refractivity contribution >= 4 is 58.6 Å². The van der Waals surface area contributed by atoms with E-state index in [1.807, 2.05) is 4.90 Å². The average Bonchev–Trinajstić information content (AvgIpc) is 3.75. The standard InChI is InChI=1S/C17H15F2N5O3.C16H13F2N5O3/c1-27-16(25)12-2-3-13-15(21-12)24(10-4-5-23(13)8-10)17(26)22-14-11(19)6-9(18)7-20-14;17-8-5-10(18)13(19-6-8)21-16(26)23-9-3-4-22(7-9)12-2-1-11(15(24)25)20-14(12)23/h2-3,6-7,10H,4-5,8H2,1H3,(H,20,22,26);1-2,5-6,9H,3-4,7H2,(H,24,25)(H,19,21,26)/t10-;9-/m00/s1. The Kier molecular flexibility index (Phi) is 9.10. The zero-order valence-corrected chi connectivity index (χ0v) is 27.6. The van der Waals surface area contributed by atoms with E-state index in [4.69, 9.17) is 5.11 Å². The number of amides is 4. The predicted octanol–water partition coefficient (Wildman–Crippen LogP) is 4.26. The van der Waals surface area contributed by atoms with Crippen molar-refractivity contribution in [3.8, 4) is 0 Å². The van der Waals surface area contributed by atoms with Crippen LogP contribution in [0.15, 0.2) is 48.8 Å². The van der Waals surface area contributed by atoms with Crippen LogP contribution < -0.4 is 30.2 Å². The number of fused-ring (bicyclic) bond motifs is 8. The number of ether oxygens (including phenoxy) is 1. The third-order valence-corrected chi connectivity index (χ3v) is 9.02. The van der Waals surface area contributed by atoms with Gasteiger partial charge in [0.1, 0.15) is 11.6 Å². The molecule has 2 fully saturated rings. The fourth-order valence-electron chi connectivity index (χ4n) is 6.62. The molecule has 53 heavy (non-hydrogen) atoms. The minimum Gasteiger partial charge on any atom is -0.477 e. The largest absolute Gasteiger partial charge is 0.477 e. The van der Waals surface area contributed by atoms with Gasteiger partial charge >= 0.3 is 24.0 Å². The highest BCUT2D eigenvalue weighted by molar-refractivity contribution is 6.05.